The summed E-state index contributed by atoms with van der Waals surface area (Å²) in [7, 11) is 1.92. The van der Waals surface area contributed by atoms with E-state index >= 15 is 0 Å². The minimum Gasteiger partial charge on any atom is -0.358 e. The number of nitrogens with zero attached hydrogens (tertiary/aromatic N) is 2. The Morgan fingerprint density at radius 2 is 1.92 bits per heavy atom. The fourth-order valence-electron chi connectivity index (χ4n) is 4.87. The number of fused-ring (bicyclic) bond motifs is 2. The van der Waals surface area contributed by atoms with Gasteiger partial charge in [0.05, 0.1) is 0 Å². The van der Waals surface area contributed by atoms with E-state index in [4.69, 9.17) is 0 Å². The van der Waals surface area contributed by atoms with Crippen LogP contribution in [0.25, 0.3) is 10.9 Å². The molecule has 1 aromatic carbocycles. The zero-order valence-electron chi connectivity index (χ0n) is 15.5. The predicted molar refractivity (Wildman–Crippen MR) is 105 cm³/mol. The van der Waals surface area contributed by atoms with Gasteiger partial charge in [0.15, 0.2) is 5.96 Å². The number of aromatic amines is 1. The highest BCUT2D eigenvalue weighted by molar-refractivity contribution is 5.85. The van der Waals surface area contributed by atoms with Crippen LogP contribution in [0.3, 0.4) is 0 Å². The molecule has 1 aliphatic carbocycles. The molecule has 1 saturated carbocycles. The average Bonchev–Trinajstić information content (AvgIpc) is 3.19. The first-order valence-electron chi connectivity index (χ1n) is 9.78. The summed E-state index contributed by atoms with van der Waals surface area (Å²) in [5.74, 6) is 2.87. The fourth-order valence-corrected chi connectivity index (χ4v) is 4.87. The van der Waals surface area contributed by atoms with Gasteiger partial charge in [-0.2, -0.15) is 0 Å². The van der Waals surface area contributed by atoms with Crippen LogP contribution >= 0.6 is 0 Å². The highest BCUT2D eigenvalue weighted by Crippen LogP contribution is 2.35. The number of hydrogen-bond acceptors (Lipinski definition) is 1. The van der Waals surface area contributed by atoms with Crippen LogP contribution in [-0.2, 0) is 6.42 Å². The first-order valence-corrected chi connectivity index (χ1v) is 9.78. The third-order valence-corrected chi connectivity index (χ3v) is 6.17. The van der Waals surface area contributed by atoms with E-state index in [2.05, 4.69) is 51.4 Å². The lowest BCUT2D eigenvalue weighted by Gasteiger charge is -2.22. The van der Waals surface area contributed by atoms with E-state index in [1.165, 1.54) is 60.9 Å². The maximum absolute atomic E-state index is 4.56. The maximum atomic E-state index is 4.56. The van der Waals surface area contributed by atoms with E-state index in [-0.39, 0.29) is 0 Å². The molecule has 134 valence electrons. The highest BCUT2D eigenvalue weighted by Gasteiger charge is 2.35. The molecule has 2 unspecified atom stereocenters. The summed E-state index contributed by atoms with van der Waals surface area (Å²) < 4.78 is 0. The summed E-state index contributed by atoms with van der Waals surface area (Å²) in [4.78, 5) is 10.5. The number of likely N-dealkylation sites (tertiary alicyclic amines) is 1. The Hall–Kier alpha value is -1.97. The quantitative estimate of drug-likeness (QED) is 0.662. The Morgan fingerprint density at radius 3 is 2.64 bits per heavy atom. The second kappa shape index (κ2) is 7.11. The largest absolute Gasteiger partial charge is 0.358 e. The number of rotatable bonds is 3. The molecule has 4 nitrogen and oxygen atoms in total. The van der Waals surface area contributed by atoms with E-state index in [1.807, 2.05) is 7.05 Å². The smallest absolute Gasteiger partial charge is 0.193 e. The number of guanidine groups is 1. The van der Waals surface area contributed by atoms with Crippen molar-refractivity contribution >= 4 is 16.9 Å². The molecule has 2 N–H and O–H groups in total. The van der Waals surface area contributed by atoms with E-state index in [0.717, 1.165) is 30.8 Å². The van der Waals surface area contributed by atoms with Crippen molar-refractivity contribution in [3.05, 3.63) is 35.5 Å². The lowest BCUT2D eigenvalue weighted by atomic mass is 9.82. The molecule has 4 heteroatoms. The Balaban J connectivity index is 1.38. The number of nitrogens with one attached hydrogen (secondary N) is 2. The molecule has 1 saturated heterocycles. The topological polar surface area (TPSA) is 43.4 Å². The number of hydrogen-bond donors (Lipinski definition) is 2. The lowest BCUT2D eigenvalue weighted by molar-refractivity contribution is 0.299. The van der Waals surface area contributed by atoms with Gasteiger partial charge in [-0.25, -0.2) is 0 Å². The molecule has 0 radical (unpaired) electrons. The maximum Gasteiger partial charge on any atom is 0.193 e. The lowest BCUT2D eigenvalue weighted by Crippen LogP contribution is -2.41. The van der Waals surface area contributed by atoms with Crippen molar-refractivity contribution in [3.8, 4) is 0 Å². The van der Waals surface area contributed by atoms with Gasteiger partial charge in [0.2, 0.25) is 0 Å². The molecule has 0 bridgehead atoms. The standard InChI is InChI=1S/C21H30N4/c1-15-18(19-9-5-6-10-20(19)24-15)11-12-23-21(22-2)25-13-16-7-3-4-8-17(16)14-25/h5-6,9-10,16-17,24H,3-4,7-8,11-14H2,1-2H3,(H,22,23). The van der Waals surface area contributed by atoms with Gasteiger partial charge in [0.1, 0.15) is 0 Å². The first kappa shape index (κ1) is 16.5. The second-order valence-corrected chi connectivity index (χ2v) is 7.71. The molecule has 1 aromatic heterocycles. The zero-order chi connectivity index (χ0) is 17.2. The normalized spacial score (nSPS) is 23.9. The summed E-state index contributed by atoms with van der Waals surface area (Å²) in [6.45, 7) is 5.49. The fraction of sp³-hybridized carbons (Fsp3) is 0.571. The van der Waals surface area contributed by atoms with Gasteiger partial charge in [0, 0.05) is 43.3 Å². The van der Waals surface area contributed by atoms with Crippen LogP contribution < -0.4 is 5.32 Å². The van der Waals surface area contributed by atoms with Crippen molar-refractivity contribution in [2.24, 2.45) is 16.8 Å². The van der Waals surface area contributed by atoms with Gasteiger partial charge < -0.3 is 15.2 Å². The molecule has 2 aromatic rings. The third-order valence-electron chi connectivity index (χ3n) is 6.17. The molecule has 1 aliphatic heterocycles. The predicted octanol–water partition coefficient (Wildman–Crippen LogP) is 3.72. The Kier molecular flexibility index (Phi) is 4.69. The van der Waals surface area contributed by atoms with Crippen molar-refractivity contribution in [1.29, 1.82) is 0 Å². The van der Waals surface area contributed by atoms with E-state index in [0.29, 0.717) is 0 Å². The van der Waals surface area contributed by atoms with E-state index in [1.54, 1.807) is 0 Å². The second-order valence-electron chi connectivity index (χ2n) is 7.71. The Bertz CT molecular complexity index is 746. The summed E-state index contributed by atoms with van der Waals surface area (Å²) in [6.07, 6.45) is 6.68. The number of benzene rings is 1. The monoisotopic (exact) mass is 338 g/mol. The molecule has 2 aliphatic rings. The summed E-state index contributed by atoms with van der Waals surface area (Å²) in [5.41, 5.74) is 3.95. The molecule has 0 amide bonds. The molecular weight excluding hydrogens is 308 g/mol. The molecule has 0 spiro atoms. The van der Waals surface area contributed by atoms with Gasteiger partial charge in [0.25, 0.3) is 0 Å². The van der Waals surface area contributed by atoms with Crippen LogP contribution in [0.2, 0.25) is 0 Å². The van der Waals surface area contributed by atoms with Crippen molar-refractivity contribution in [1.82, 2.24) is 15.2 Å². The van der Waals surface area contributed by atoms with E-state index < -0.39 is 0 Å². The third kappa shape index (κ3) is 3.26. The van der Waals surface area contributed by atoms with Crippen LogP contribution in [0.4, 0.5) is 0 Å². The van der Waals surface area contributed by atoms with Crippen LogP contribution in [0.1, 0.15) is 36.9 Å². The van der Waals surface area contributed by atoms with Gasteiger partial charge in [-0.05, 0) is 49.7 Å². The number of para-hydroxylation sites is 1. The van der Waals surface area contributed by atoms with E-state index in [9.17, 15) is 0 Å². The Labute approximate surface area is 150 Å². The number of aliphatic imine (C=N–C) groups is 1. The first-order chi connectivity index (χ1) is 12.3. The van der Waals surface area contributed by atoms with Gasteiger partial charge in [-0.3, -0.25) is 4.99 Å². The zero-order valence-corrected chi connectivity index (χ0v) is 15.5. The van der Waals surface area contributed by atoms with Crippen LogP contribution in [0, 0.1) is 18.8 Å². The molecule has 25 heavy (non-hydrogen) atoms. The SMILES string of the molecule is CN=C(NCCc1c(C)[nH]c2ccccc12)N1CC2CCCCC2C1. The average molecular weight is 338 g/mol. The van der Waals surface area contributed by atoms with Crippen LogP contribution in [0.15, 0.2) is 29.3 Å². The number of aromatic nitrogens is 1. The van der Waals surface area contributed by atoms with Gasteiger partial charge >= 0.3 is 0 Å². The summed E-state index contributed by atoms with van der Waals surface area (Å²) in [6, 6.07) is 8.59. The number of aryl methyl sites for hydroxylation is 1. The van der Waals surface area contributed by atoms with Gasteiger partial charge in [-0.1, -0.05) is 31.0 Å². The minimum absolute atomic E-state index is 0.892. The molecular formula is C21H30N4. The summed E-state index contributed by atoms with van der Waals surface area (Å²) in [5, 5.41) is 4.96. The van der Waals surface area contributed by atoms with Crippen LogP contribution in [-0.4, -0.2) is 42.5 Å². The molecule has 2 fully saturated rings. The minimum atomic E-state index is 0.892. The van der Waals surface area contributed by atoms with Crippen molar-refractivity contribution in [3.63, 3.8) is 0 Å². The van der Waals surface area contributed by atoms with Crippen LogP contribution in [0.5, 0.6) is 0 Å². The van der Waals surface area contributed by atoms with Crippen molar-refractivity contribution in [2.75, 3.05) is 26.7 Å². The Morgan fingerprint density at radius 1 is 1.20 bits per heavy atom. The summed E-state index contributed by atoms with van der Waals surface area (Å²) >= 11 is 0. The molecule has 4 rings (SSSR count). The van der Waals surface area contributed by atoms with Gasteiger partial charge in [-0.15, -0.1) is 0 Å². The number of H-pyrrole nitrogens is 1. The van der Waals surface area contributed by atoms with Crippen molar-refractivity contribution in [2.45, 2.75) is 39.0 Å². The highest BCUT2D eigenvalue weighted by atomic mass is 15.3. The molecule has 2 atom stereocenters. The van der Waals surface area contributed by atoms with Crippen molar-refractivity contribution < 1.29 is 0 Å². The molecule has 2 heterocycles.